The van der Waals surface area contributed by atoms with E-state index in [9.17, 15) is 13.6 Å². The van der Waals surface area contributed by atoms with Gasteiger partial charge in [0.15, 0.2) is 0 Å². The summed E-state index contributed by atoms with van der Waals surface area (Å²) in [5.41, 5.74) is 1.79. The van der Waals surface area contributed by atoms with E-state index in [0.29, 0.717) is 12.1 Å². The van der Waals surface area contributed by atoms with Crippen LogP contribution in [-0.2, 0) is 17.6 Å². The number of amides is 1. The second-order valence-corrected chi connectivity index (χ2v) is 4.95. The van der Waals surface area contributed by atoms with E-state index in [0.717, 1.165) is 23.8 Å². The van der Waals surface area contributed by atoms with E-state index in [4.69, 9.17) is 5.11 Å². The van der Waals surface area contributed by atoms with Crippen molar-refractivity contribution in [3.63, 3.8) is 0 Å². The smallest absolute Gasteiger partial charge is 0.224 e. The summed E-state index contributed by atoms with van der Waals surface area (Å²) in [6.07, 6.45) is 0.768. The van der Waals surface area contributed by atoms with E-state index >= 15 is 0 Å². The summed E-state index contributed by atoms with van der Waals surface area (Å²) in [5, 5.41) is 11.5. The normalized spacial score (nSPS) is 10.5. The summed E-state index contributed by atoms with van der Waals surface area (Å²) in [5.74, 6) is -1.29. The molecule has 0 aromatic heterocycles. The fourth-order valence-corrected chi connectivity index (χ4v) is 2.09. The number of nitrogens with one attached hydrogen (secondary N) is 1. The Kier molecular flexibility index (Phi) is 5.61. The molecule has 0 unspecified atom stereocenters. The summed E-state index contributed by atoms with van der Waals surface area (Å²) in [6, 6.07) is 10.3. The summed E-state index contributed by atoms with van der Waals surface area (Å²) in [4.78, 5) is 11.8. The molecular formula is C17H17F2NO2. The van der Waals surface area contributed by atoms with Crippen LogP contribution in [-0.4, -0.2) is 17.6 Å². The highest BCUT2D eigenvalue weighted by molar-refractivity contribution is 5.90. The van der Waals surface area contributed by atoms with Crippen molar-refractivity contribution >= 4 is 11.6 Å². The molecule has 0 saturated carbocycles. The third-order valence-corrected chi connectivity index (χ3v) is 3.27. The number of hydrogen-bond donors (Lipinski definition) is 2. The maximum Gasteiger partial charge on any atom is 0.224 e. The lowest BCUT2D eigenvalue weighted by molar-refractivity contribution is -0.116. The average molecular weight is 305 g/mol. The summed E-state index contributed by atoms with van der Waals surface area (Å²) < 4.78 is 26.5. The number of aryl methyl sites for hydroxylation is 1. The number of aliphatic hydroxyl groups excluding tert-OH is 1. The van der Waals surface area contributed by atoms with Gasteiger partial charge in [0, 0.05) is 18.7 Å². The van der Waals surface area contributed by atoms with Crippen molar-refractivity contribution in [2.45, 2.75) is 19.3 Å². The molecule has 0 heterocycles. The summed E-state index contributed by atoms with van der Waals surface area (Å²) in [6.45, 7) is 0.0743. The molecule has 0 radical (unpaired) electrons. The highest BCUT2D eigenvalue weighted by atomic mass is 19.1. The first-order valence-corrected chi connectivity index (χ1v) is 7.02. The number of hydrogen-bond acceptors (Lipinski definition) is 2. The van der Waals surface area contributed by atoms with Crippen LogP contribution in [0, 0.1) is 11.6 Å². The number of rotatable bonds is 6. The molecule has 0 fully saturated rings. The van der Waals surface area contributed by atoms with Gasteiger partial charge in [-0.15, -0.1) is 0 Å². The number of halogens is 2. The molecule has 3 nitrogen and oxygen atoms in total. The molecule has 0 aliphatic rings. The van der Waals surface area contributed by atoms with Crippen molar-refractivity contribution in [2.75, 3.05) is 11.9 Å². The topological polar surface area (TPSA) is 49.3 Å². The maximum atomic E-state index is 13.4. The van der Waals surface area contributed by atoms with E-state index in [-0.39, 0.29) is 30.9 Å². The van der Waals surface area contributed by atoms with Crippen LogP contribution in [0.5, 0.6) is 0 Å². The average Bonchev–Trinajstić information content (AvgIpc) is 2.50. The minimum atomic E-state index is -0.517. The van der Waals surface area contributed by atoms with Crippen molar-refractivity contribution in [3.8, 4) is 0 Å². The van der Waals surface area contributed by atoms with Crippen molar-refractivity contribution < 1.29 is 18.7 Å². The zero-order valence-corrected chi connectivity index (χ0v) is 12.0. The Bertz CT molecular complexity index is 642. The molecule has 2 aromatic rings. The number of anilines is 1. The van der Waals surface area contributed by atoms with E-state index in [1.807, 2.05) is 12.1 Å². The highest BCUT2D eigenvalue weighted by Crippen LogP contribution is 2.14. The maximum absolute atomic E-state index is 13.4. The first-order valence-electron chi connectivity index (χ1n) is 7.02. The number of benzene rings is 2. The summed E-state index contributed by atoms with van der Waals surface area (Å²) in [7, 11) is 0. The van der Waals surface area contributed by atoms with Gasteiger partial charge in [-0.1, -0.05) is 12.1 Å². The first-order chi connectivity index (χ1) is 10.6. The van der Waals surface area contributed by atoms with Crippen molar-refractivity contribution in [1.29, 1.82) is 0 Å². The Labute approximate surface area is 127 Å². The Morgan fingerprint density at radius 2 is 1.77 bits per heavy atom. The lowest BCUT2D eigenvalue weighted by atomic mass is 10.1. The Hall–Kier alpha value is -2.27. The highest BCUT2D eigenvalue weighted by Gasteiger charge is 2.08. The SMILES string of the molecule is O=C(CCc1cc(F)ccc1F)Nc1ccc(CCO)cc1. The van der Waals surface area contributed by atoms with Gasteiger partial charge in [0.2, 0.25) is 5.91 Å². The molecule has 0 saturated heterocycles. The van der Waals surface area contributed by atoms with Gasteiger partial charge >= 0.3 is 0 Å². The molecule has 0 atom stereocenters. The van der Waals surface area contributed by atoms with E-state index < -0.39 is 11.6 Å². The fraction of sp³-hybridized carbons (Fsp3) is 0.235. The third-order valence-electron chi connectivity index (χ3n) is 3.27. The number of carbonyl (C=O) groups is 1. The standard InChI is InChI=1S/C17H17F2NO2/c18-14-4-7-16(19)13(11-14)3-8-17(22)20-15-5-1-12(2-6-15)9-10-21/h1-2,4-7,11,21H,3,8-10H2,(H,20,22). The van der Waals surface area contributed by atoms with Gasteiger partial charge in [-0.2, -0.15) is 0 Å². The van der Waals surface area contributed by atoms with Crippen LogP contribution in [0.2, 0.25) is 0 Å². The molecule has 116 valence electrons. The van der Waals surface area contributed by atoms with Crippen molar-refractivity contribution in [2.24, 2.45) is 0 Å². The second kappa shape index (κ2) is 7.66. The Balaban J connectivity index is 1.88. The lowest BCUT2D eigenvalue weighted by Crippen LogP contribution is -2.12. The van der Waals surface area contributed by atoms with Gasteiger partial charge in [0.25, 0.3) is 0 Å². The molecule has 2 rings (SSSR count). The van der Waals surface area contributed by atoms with E-state index in [1.54, 1.807) is 12.1 Å². The molecule has 0 aliphatic heterocycles. The molecule has 2 aromatic carbocycles. The molecule has 0 spiro atoms. The fourth-order valence-electron chi connectivity index (χ4n) is 2.09. The predicted octanol–water partition coefficient (Wildman–Crippen LogP) is 3.07. The molecule has 5 heteroatoms. The molecule has 1 amide bonds. The molecule has 22 heavy (non-hydrogen) atoms. The minimum Gasteiger partial charge on any atom is -0.396 e. The van der Waals surface area contributed by atoms with Gasteiger partial charge in [-0.05, 0) is 54.3 Å². The van der Waals surface area contributed by atoms with Crippen LogP contribution in [0.1, 0.15) is 17.5 Å². The zero-order valence-electron chi connectivity index (χ0n) is 12.0. The zero-order chi connectivity index (χ0) is 15.9. The summed E-state index contributed by atoms with van der Waals surface area (Å²) >= 11 is 0. The largest absolute Gasteiger partial charge is 0.396 e. The van der Waals surface area contributed by atoms with Crippen molar-refractivity contribution in [3.05, 3.63) is 65.2 Å². The number of aliphatic hydroxyl groups is 1. The molecular weight excluding hydrogens is 288 g/mol. The van der Waals surface area contributed by atoms with Crippen LogP contribution in [0.3, 0.4) is 0 Å². The van der Waals surface area contributed by atoms with E-state index in [2.05, 4.69) is 5.32 Å². The molecule has 2 N–H and O–H groups in total. The van der Waals surface area contributed by atoms with Gasteiger partial charge < -0.3 is 10.4 Å². The van der Waals surface area contributed by atoms with Crippen LogP contribution < -0.4 is 5.32 Å². The van der Waals surface area contributed by atoms with Gasteiger partial charge in [0.05, 0.1) is 0 Å². The quantitative estimate of drug-likeness (QED) is 0.861. The molecule has 0 bridgehead atoms. The van der Waals surface area contributed by atoms with Gasteiger partial charge in [-0.25, -0.2) is 8.78 Å². The van der Waals surface area contributed by atoms with Crippen LogP contribution in [0.25, 0.3) is 0 Å². The third kappa shape index (κ3) is 4.63. The predicted molar refractivity (Wildman–Crippen MR) is 80.5 cm³/mol. The Morgan fingerprint density at radius 1 is 1.05 bits per heavy atom. The lowest BCUT2D eigenvalue weighted by Gasteiger charge is -2.07. The minimum absolute atomic E-state index is 0.0682. The van der Waals surface area contributed by atoms with Gasteiger partial charge in [-0.3, -0.25) is 4.79 Å². The molecule has 0 aliphatic carbocycles. The van der Waals surface area contributed by atoms with E-state index in [1.165, 1.54) is 0 Å². The second-order valence-electron chi connectivity index (χ2n) is 4.95. The first kappa shape index (κ1) is 16.1. The van der Waals surface area contributed by atoms with Crippen LogP contribution >= 0.6 is 0 Å². The monoisotopic (exact) mass is 305 g/mol. The van der Waals surface area contributed by atoms with Crippen LogP contribution in [0.15, 0.2) is 42.5 Å². The van der Waals surface area contributed by atoms with Crippen molar-refractivity contribution in [1.82, 2.24) is 0 Å². The number of carbonyl (C=O) groups excluding carboxylic acids is 1. The van der Waals surface area contributed by atoms with Crippen LogP contribution in [0.4, 0.5) is 14.5 Å². The van der Waals surface area contributed by atoms with Gasteiger partial charge in [0.1, 0.15) is 11.6 Å². The Morgan fingerprint density at radius 3 is 2.45 bits per heavy atom.